The lowest BCUT2D eigenvalue weighted by atomic mass is 9.76. The zero-order chi connectivity index (χ0) is 28.8. The van der Waals surface area contributed by atoms with Crippen molar-refractivity contribution < 1.29 is 4.79 Å². The molecule has 2 unspecified atom stereocenters. The first-order valence-electron chi connectivity index (χ1n) is 15.7. The molecule has 3 nitrogen and oxygen atoms in total. The van der Waals surface area contributed by atoms with Crippen LogP contribution in [0.4, 0.5) is 0 Å². The van der Waals surface area contributed by atoms with Gasteiger partial charge in [0.05, 0.1) is 5.70 Å². The fourth-order valence-corrected chi connectivity index (χ4v) is 6.89. The zero-order valence-corrected chi connectivity index (χ0v) is 25.3. The van der Waals surface area contributed by atoms with Gasteiger partial charge in [-0.3, -0.25) is 9.79 Å². The van der Waals surface area contributed by atoms with E-state index in [9.17, 15) is 4.79 Å². The average molecular weight is 545 g/mol. The Labute approximate surface area is 248 Å². The molecule has 41 heavy (non-hydrogen) atoms. The van der Waals surface area contributed by atoms with Gasteiger partial charge in [0, 0.05) is 30.8 Å². The summed E-state index contributed by atoms with van der Waals surface area (Å²) in [6, 6.07) is 11.4. The number of allylic oxidation sites excluding steroid dienone is 9. The molecular formula is C37H45BN2O. The molecule has 4 aliphatic rings. The van der Waals surface area contributed by atoms with Crippen molar-refractivity contribution >= 4 is 19.8 Å². The van der Waals surface area contributed by atoms with E-state index in [0.29, 0.717) is 12.5 Å². The van der Waals surface area contributed by atoms with Crippen molar-refractivity contribution in [3.8, 4) is 0 Å². The smallest absolute Gasteiger partial charge is 0.133 e. The fourth-order valence-electron chi connectivity index (χ4n) is 6.89. The number of hydrogen-bond acceptors (Lipinski definition) is 3. The quantitative estimate of drug-likeness (QED) is 0.264. The van der Waals surface area contributed by atoms with Gasteiger partial charge in [-0.05, 0) is 105 Å². The summed E-state index contributed by atoms with van der Waals surface area (Å²) in [7, 11) is 6.79. The van der Waals surface area contributed by atoms with E-state index >= 15 is 0 Å². The first-order chi connectivity index (χ1) is 19.9. The van der Waals surface area contributed by atoms with Crippen LogP contribution in [0.5, 0.6) is 0 Å². The Kier molecular flexibility index (Phi) is 9.60. The van der Waals surface area contributed by atoms with Gasteiger partial charge in [0.25, 0.3) is 0 Å². The average Bonchev–Trinajstić information content (AvgIpc) is 3.09. The lowest BCUT2D eigenvalue weighted by Crippen LogP contribution is -2.31. The predicted molar refractivity (Wildman–Crippen MR) is 173 cm³/mol. The molecular weight excluding hydrogens is 499 g/mol. The zero-order valence-electron chi connectivity index (χ0n) is 25.3. The molecule has 0 spiro atoms. The molecule has 1 aliphatic heterocycles. The lowest BCUT2D eigenvalue weighted by molar-refractivity contribution is -0.116. The highest BCUT2D eigenvalue weighted by atomic mass is 16.1. The van der Waals surface area contributed by atoms with Crippen molar-refractivity contribution in [1.82, 2.24) is 5.32 Å². The van der Waals surface area contributed by atoms with E-state index in [4.69, 9.17) is 12.8 Å². The highest BCUT2D eigenvalue weighted by Crippen LogP contribution is 2.41. The van der Waals surface area contributed by atoms with Crippen LogP contribution in [0.2, 0.25) is 0 Å². The molecule has 0 bridgehead atoms. The van der Waals surface area contributed by atoms with Gasteiger partial charge in [0.2, 0.25) is 0 Å². The highest BCUT2D eigenvalue weighted by Gasteiger charge is 2.29. The monoisotopic (exact) mass is 544 g/mol. The summed E-state index contributed by atoms with van der Waals surface area (Å²) in [5.41, 5.74) is 11.4. The third kappa shape index (κ3) is 7.09. The maximum absolute atomic E-state index is 11.6. The van der Waals surface area contributed by atoms with Crippen LogP contribution in [-0.4, -0.2) is 32.4 Å². The van der Waals surface area contributed by atoms with E-state index in [2.05, 4.69) is 80.0 Å². The first kappa shape index (κ1) is 29.5. The predicted octanol–water partition coefficient (Wildman–Crippen LogP) is 8.31. The summed E-state index contributed by atoms with van der Waals surface area (Å²) in [6.45, 7) is 7.06. The molecule has 0 fully saturated rings. The Balaban J connectivity index is 1.34. The highest BCUT2D eigenvalue weighted by molar-refractivity contribution is 6.25. The minimum absolute atomic E-state index is 0.176. The number of Topliss-reactive ketones (excluding diaryl/α,β-unsaturated/α-hetero) is 1. The van der Waals surface area contributed by atoms with Crippen molar-refractivity contribution in [2.24, 2.45) is 4.99 Å². The topological polar surface area (TPSA) is 41.5 Å². The second-order valence-electron chi connectivity index (χ2n) is 12.6. The van der Waals surface area contributed by atoms with E-state index in [1.807, 2.05) is 0 Å². The van der Waals surface area contributed by atoms with Crippen LogP contribution in [0.1, 0.15) is 97.0 Å². The van der Waals surface area contributed by atoms with Crippen LogP contribution in [0, 0.1) is 0 Å². The van der Waals surface area contributed by atoms with E-state index < -0.39 is 0 Å². The summed E-state index contributed by atoms with van der Waals surface area (Å²) in [5.74, 6) is 0.258. The number of carbonyl (C=O) groups excluding carboxylic acids is 1. The van der Waals surface area contributed by atoms with Gasteiger partial charge in [-0.15, -0.1) is 0 Å². The van der Waals surface area contributed by atoms with Crippen LogP contribution in [0.3, 0.4) is 0 Å². The van der Waals surface area contributed by atoms with Crippen LogP contribution >= 0.6 is 0 Å². The number of nitrogens with one attached hydrogen (secondary N) is 1. The largest absolute Gasteiger partial charge is 0.310 e. The molecule has 0 saturated carbocycles. The van der Waals surface area contributed by atoms with Gasteiger partial charge < -0.3 is 5.32 Å². The molecule has 212 valence electrons. The third-order valence-corrected chi connectivity index (χ3v) is 9.51. The van der Waals surface area contributed by atoms with E-state index in [0.717, 1.165) is 69.1 Å². The Bertz CT molecular complexity index is 1370. The first-order valence-corrected chi connectivity index (χ1v) is 15.7. The minimum Gasteiger partial charge on any atom is -0.310 e. The SMILES string of the molecule is [B]C1=C(CC)C=C2N=CC(C3=CCC(C)(c4ccccc4)CCC3)=C2CC=C1CNC1CCC=C(CC(C)=O)CC1. The number of benzene rings is 1. The Morgan fingerprint density at radius 1 is 1.12 bits per heavy atom. The molecule has 0 aromatic heterocycles. The number of aliphatic imine (C=N–C) groups is 1. The summed E-state index contributed by atoms with van der Waals surface area (Å²) in [4.78, 5) is 16.5. The molecule has 2 atom stereocenters. The molecule has 3 aliphatic carbocycles. The molecule has 2 radical (unpaired) electrons. The molecule has 0 amide bonds. The van der Waals surface area contributed by atoms with Crippen molar-refractivity contribution in [2.45, 2.75) is 103 Å². The molecule has 0 saturated heterocycles. The number of carbonyl (C=O) groups is 1. The summed E-state index contributed by atoms with van der Waals surface area (Å²) in [5, 5.41) is 3.82. The van der Waals surface area contributed by atoms with Crippen LogP contribution in [-0.2, 0) is 10.2 Å². The number of hydrogen-bond donors (Lipinski definition) is 1. The van der Waals surface area contributed by atoms with Gasteiger partial charge in [-0.25, -0.2) is 0 Å². The van der Waals surface area contributed by atoms with E-state index in [1.165, 1.54) is 51.8 Å². The maximum atomic E-state index is 11.6. The van der Waals surface area contributed by atoms with Crippen LogP contribution in [0.15, 0.2) is 104 Å². The third-order valence-electron chi connectivity index (χ3n) is 9.51. The second-order valence-corrected chi connectivity index (χ2v) is 12.6. The number of ketones is 1. The van der Waals surface area contributed by atoms with E-state index in [-0.39, 0.29) is 11.2 Å². The number of nitrogens with zero attached hydrogens (tertiary/aromatic N) is 1. The Morgan fingerprint density at radius 3 is 2.73 bits per heavy atom. The lowest BCUT2D eigenvalue weighted by Gasteiger charge is -2.28. The van der Waals surface area contributed by atoms with Gasteiger partial charge in [0.1, 0.15) is 13.6 Å². The molecule has 1 heterocycles. The molecule has 5 rings (SSSR count). The molecule has 1 aromatic carbocycles. The van der Waals surface area contributed by atoms with E-state index in [1.54, 1.807) is 6.92 Å². The van der Waals surface area contributed by atoms with Crippen molar-refractivity contribution in [2.75, 3.05) is 6.54 Å². The maximum Gasteiger partial charge on any atom is 0.133 e. The van der Waals surface area contributed by atoms with Gasteiger partial charge in [-0.1, -0.05) is 79.0 Å². The minimum atomic E-state index is 0.176. The van der Waals surface area contributed by atoms with Crippen molar-refractivity contribution in [3.63, 3.8) is 0 Å². The summed E-state index contributed by atoms with van der Waals surface area (Å²) < 4.78 is 0. The standard InChI is InChI=1S/C37H45BN2O/c1-4-28-23-35-33(18-16-30(36(28)38)24-39-32-14-8-10-27(15-17-32)22-26(2)41)34(25-40-35)29-11-9-20-37(3,21-19-29)31-12-6-5-7-13-31/h5-7,10,12-13,16,19,23,25,32,39H,4,8-9,11,14-15,17-18,20-22,24H2,1-3H3. The Morgan fingerprint density at radius 2 is 1.95 bits per heavy atom. The molecule has 4 heteroatoms. The number of rotatable bonds is 8. The van der Waals surface area contributed by atoms with Crippen molar-refractivity contribution in [1.29, 1.82) is 0 Å². The van der Waals surface area contributed by atoms with Gasteiger partial charge in [0.15, 0.2) is 0 Å². The van der Waals surface area contributed by atoms with Gasteiger partial charge in [-0.2, -0.15) is 0 Å². The van der Waals surface area contributed by atoms with Crippen LogP contribution < -0.4 is 5.32 Å². The Hall–Kier alpha value is -2.98. The number of fused-ring (bicyclic) bond motifs is 1. The molecule has 1 aromatic rings. The van der Waals surface area contributed by atoms with Gasteiger partial charge >= 0.3 is 0 Å². The summed E-state index contributed by atoms with van der Waals surface area (Å²) in [6.07, 6.45) is 22.5. The summed E-state index contributed by atoms with van der Waals surface area (Å²) >= 11 is 0. The van der Waals surface area contributed by atoms with Crippen molar-refractivity contribution in [3.05, 3.63) is 105 Å². The fraction of sp³-hybridized carbons (Fsp3) is 0.459. The van der Waals surface area contributed by atoms with Crippen LogP contribution in [0.25, 0.3) is 0 Å². The molecule has 1 N–H and O–H groups in total. The second kappa shape index (κ2) is 13.3. The normalized spacial score (nSPS) is 25.3.